The molecule has 1 heterocycles. The van der Waals surface area contributed by atoms with Gasteiger partial charge in [-0.05, 0) is 37.6 Å². The SMILES string of the molecule is COc1ccc(N)cc1NC(=O)CN1CCCC(OC)C1. The van der Waals surface area contributed by atoms with E-state index in [1.807, 2.05) is 0 Å². The molecule has 0 spiro atoms. The summed E-state index contributed by atoms with van der Waals surface area (Å²) < 4.78 is 10.6. The van der Waals surface area contributed by atoms with E-state index in [-0.39, 0.29) is 12.0 Å². The highest BCUT2D eigenvalue weighted by Crippen LogP contribution is 2.26. The number of ether oxygens (including phenoxy) is 2. The van der Waals surface area contributed by atoms with E-state index in [1.54, 1.807) is 32.4 Å². The lowest BCUT2D eigenvalue weighted by Crippen LogP contribution is -2.43. The van der Waals surface area contributed by atoms with Gasteiger partial charge in [-0.1, -0.05) is 0 Å². The summed E-state index contributed by atoms with van der Waals surface area (Å²) in [6.45, 7) is 2.05. The van der Waals surface area contributed by atoms with Crippen LogP contribution in [0, 0.1) is 0 Å². The molecule has 0 saturated carbocycles. The zero-order valence-corrected chi connectivity index (χ0v) is 12.6. The van der Waals surface area contributed by atoms with Crippen LogP contribution >= 0.6 is 0 Å². The number of anilines is 2. The van der Waals surface area contributed by atoms with Crippen LogP contribution in [0.25, 0.3) is 0 Å². The van der Waals surface area contributed by atoms with Crippen molar-refractivity contribution in [3.8, 4) is 5.75 Å². The minimum absolute atomic E-state index is 0.0735. The number of benzene rings is 1. The van der Waals surface area contributed by atoms with Crippen LogP contribution in [0.2, 0.25) is 0 Å². The Morgan fingerprint density at radius 3 is 3.00 bits per heavy atom. The number of methoxy groups -OCH3 is 2. The maximum atomic E-state index is 12.2. The van der Waals surface area contributed by atoms with E-state index in [0.29, 0.717) is 23.7 Å². The van der Waals surface area contributed by atoms with Crippen molar-refractivity contribution < 1.29 is 14.3 Å². The minimum Gasteiger partial charge on any atom is -0.495 e. The maximum Gasteiger partial charge on any atom is 0.238 e. The molecule has 0 aliphatic carbocycles. The summed E-state index contributed by atoms with van der Waals surface area (Å²) in [5.74, 6) is 0.529. The monoisotopic (exact) mass is 293 g/mol. The molecule has 1 fully saturated rings. The quantitative estimate of drug-likeness (QED) is 0.801. The minimum atomic E-state index is -0.0735. The Kier molecular flexibility index (Phi) is 5.41. The lowest BCUT2D eigenvalue weighted by molar-refractivity contribution is -0.118. The smallest absolute Gasteiger partial charge is 0.238 e. The second-order valence-electron chi connectivity index (χ2n) is 5.24. The van der Waals surface area contributed by atoms with Gasteiger partial charge in [0, 0.05) is 19.3 Å². The molecule has 0 bridgehead atoms. The van der Waals surface area contributed by atoms with E-state index in [1.165, 1.54) is 0 Å². The topological polar surface area (TPSA) is 76.8 Å². The zero-order chi connectivity index (χ0) is 15.2. The van der Waals surface area contributed by atoms with Gasteiger partial charge in [0.1, 0.15) is 5.75 Å². The van der Waals surface area contributed by atoms with Crippen LogP contribution in [0.1, 0.15) is 12.8 Å². The van der Waals surface area contributed by atoms with E-state index >= 15 is 0 Å². The Morgan fingerprint density at radius 1 is 1.48 bits per heavy atom. The van der Waals surface area contributed by atoms with Crippen molar-refractivity contribution in [2.75, 3.05) is 44.9 Å². The maximum absolute atomic E-state index is 12.2. The third-order valence-corrected chi connectivity index (χ3v) is 3.66. The van der Waals surface area contributed by atoms with Gasteiger partial charge in [-0.3, -0.25) is 9.69 Å². The lowest BCUT2D eigenvalue weighted by atomic mass is 10.1. The second-order valence-corrected chi connectivity index (χ2v) is 5.24. The number of nitrogen functional groups attached to an aromatic ring is 1. The number of likely N-dealkylation sites (tertiary alicyclic amines) is 1. The van der Waals surface area contributed by atoms with Gasteiger partial charge < -0.3 is 20.5 Å². The third-order valence-electron chi connectivity index (χ3n) is 3.66. The number of hydrogen-bond acceptors (Lipinski definition) is 5. The molecule has 1 atom stereocenters. The van der Waals surface area contributed by atoms with E-state index in [0.717, 1.165) is 25.9 Å². The van der Waals surface area contributed by atoms with Gasteiger partial charge in [0.25, 0.3) is 0 Å². The summed E-state index contributed by atoms with van der Waals surface area (Å²) in [4.78, 5) is 14.3. The first kappa shape index (κ1) is 15.6. The highest BCUT2D eigenvalue weighted by atomic mass is 16.5. The lowest BCUT2D eigenvalue weighted by Gasteiger charge is -2.31. The molecule has 116 valence electrons. The molecule has 6 heteroatoms. The highest BCUT2D eigenvalue weighted by Gasteiger charge is 2.21. The largest absolute Gasteiger partial charge is 0.495 e. The molecule has 1 unspecified atom stereocenters. The van der Waals surface area contributed by atoms with Crippen LogP contribution in [0.15, 0.2) is 18.2 Å². The summed E-state index contributed by atoms with van der Waals surface area (Å²) in [6.07, 6.45) is 2.32. The zero-order valence-electron chi connectivity index (χ0n) is 12.6. The molecule has 1 aliphatic rings. The first-order chi connectivity index (χ1) is 10.1. The number of piperidine rings is 1. The molecule has 3 N–H and O–H groups in total. The molecular formula is C15H23N3O3. The Bertz CT molecular complexity index is 493. The number of amides is 1. The Hall–Kier alpha value is -1.79. The molecule has 0 radical (unpaired) electrons. The van der Waals surface area contributed by atoms with Gasteiger partial charge in [-0.2, -0.15) is 0 Å². The Balaban J connectivity index is 1.94. The summed E-state index contributed by atoms with van der Waals surface area (Å²) >= 11 is 0. The molecule has 1 aromatic carbocycles. The summed E-state index contributed by atoms with van der Waals surface area (Å²) in [7, 11) is 3.28. The predicted molar refractivity (Wildman–Crippen MR) is 82.5 cm³/mol. The van der Waals surface area contributed by atoms with Gasteiger partial charge in [0.2, 0.25) is 5.91 Å². The molecule has 21 heavy (non-hydrogen) atoms. The molecule has 6 nitrogen and oxygen atoms in total. The van der Waals surface area contributed by atoms with Crippen molar-refractivity contribution in [1.82, 2.24) is 4.90 Å². The van der Waals surface area contributed by atoms with Crippen molar-refractivity contribution in [3.05, 3.63) is 18.2 Å². The fraction of sp³-hybridized carbons (Fsp3) is 0.533. The van der Waals surface area contributed by atoms with Crippen molar-refractivity contribution in [2.24, 2.45) is 0 Å². The van der Waals surface area contributed by atoms with Crippen LogP contribution < -0.4 is 15.8 Å². The molecule has 2 rings (SSSR count). The number of nitrogens with one attached hydrogen (secondary N) is 1. The van der Waals surface area contributed by atoms with Crippen molar-refractivity contribution in [1.29, 1.82) is 0 Å². The number of carbonyl (C=O) groups excluding carboxylic acids is 1. The number of hydrogen-bond donors (Lipinski definition) is 2. The van der Waals surface area contributed by atoms with Gasteiger partial charge in [0.15, 0.2) is 0 Å². The molecule has 1 aliphatic heterocycles. The number of nitrogens with zero attached hydrogens (tertiary/aromatic N) is 1. The standard InChI is InChI=1S/C15H23N3O3/c1-20-12-4-3-7-18(9-12)10-15(19)17-13-8-11(16)5-6-14(13)21-2/h5-6,8,12H,3-4,7,9-10,16H2,1-2H3,(H,17,19). The average molecular weight is 293 g/mol. The number of carbonyl (C=O) groups is 1. The molecule has 1 aromatic rings. The van der Waals surface area contributed by atoms with E-state index in [9.17, 15) is 4.79 Å². The van der Waals surface area contributed by atoms with Gasteiger partial charge in [-0.25, -0.2) is 0 Å². The Labute approximate surface area is 125 Å². The Morgan fingerprint density at radius 2 is 2.29 bits per heavy atom. The average Bonchev–Trinajstić information content (AvgIpc) is 2.47. The van der Waals surface area contributed by atoms with Crippen LogP contribution in [0.4, 0.5) is 11.4 Å². The highest BCUT2D eigenvalue weighted by molar-refractivity contribution is 5.94. The third kappa shape index (κ3) is 4.34. The fourth-order valence-electron chi connectivity index (χ4n) is 2.57. The van der Waals surface area contributed by atoms with Crippen molar-refractivity contribution in [3.63, 3.8) is 0 Å². The van der Waals surface area contributed by atoms with Crippen LogP contribution in [0.3, 0.4) is 0 Å². The normalized spacial score (nSPS) is 19.2. The molecule has 0 aromatic heterocycles. The van der Waals surface area contributed by atoms with Crippen LogP contribution in [-0.2, 0) is 9.53 Å². The van der Waals surface area contributed by atoms with E-state index < -0.39 is 0 Å². The first-order valence-corrected chi connectivity index (χ1v) is 7.11. The van der Waals surface area contributed by atoms with Crippen LogP contribution in [0.5, 0.6) is 5.75 Å². The van der Waals surface area contributed by atoms with Crippen LogP contribution in [-0.4, -0.2) is 50.8 Å². The number of rotatable bonds is 5. The number of nitrogens with two attached hydrogens (primary N) is 1. The summed E-state index contributed by atoms with van der Waals surface area (Å²) in [6, 6.07) is 5.18. The second kappa shape index (κ2) is 7.28. The van der Waals surface area contributed by atoms with Crippen molar-refractivity contribution in [2.45, 2.75) is 18.9 Å². The fourth-order valence-corrected chi connectivity index (χ4v) is 2.57. The van der Waals surface area contributed by atoms with Crippen molar-refractivity contribution >= 4 is 17.3 Å². The van der Waals surface area contributed by atoms with E-state index in [2.05, 4.69) is 10.2 Å². The molecule has 1 amide bonds. The summed E-state index contributed by atoms with van der Waals surface area (Å²) in [5, 5.41) is 2.86. The summed E-state index contributed by atoms with van der Waals surface area (Å²) in [5.41, 5.74) is 6.93. The van der Waals surface area contributed by atoms with Gasteiger partial charge >= 0.3 is 0 Å². The molecular weight excluding hydrogens is 270 g/mol. The first-order valence-electron chi connectivity index (χ1n) is 7.11. The van der Waals surface area contributed by atoms with Gasteiger partial charge in [-0.15, -0.1) is 0 Å². The predicted octanol–water partition coefficient (Wildman–Crippen LogP) is 1.33. The van der Waals surface area contributed by atoms with Gasteiger partial charge in [0.05, 0.1) is 25.4 Å². The van der Waals surface area contributed by atoms with E-state index in [4.69, 9.17) is 15.2 Å². The molecule has 1 saturated heterocycles.